The van der Waals surface area contributed by atoms with Crippen molar-refractivity contribution in [3.8, 4) is 0 Å². The molecule has 0 fully saturated rings. The van der Waals surface area contributed by atoms with Gasteiger partial charge >= 0.3 is 11.9 Å². The Balaban J connectivity index is 2.25. The lowest BCUT2D eigenvalue weighted by Gasteiger charge is -2.26. The third-order valence-corrected chi connectivity index (χ3v) is 4.68. The SMILES string of the molecule is C=C(C[C@H](/C=C/c1ccccc1)OC(=O)[C@@H](OC(C)=O)c1ccccc1)C(C)(C)C. The normalized spacial score (nSPS) is 13.5. The predicted molar refractivity (Wildman–Crippen MR) is 120 cm³/mol. The van der Waals surface area contributed by atoms with Crippen molar-refractivity contribution in [3.63, 3.8) is 0 Å². The Morgan fingerprint density at radius 1 is 0.967 bits per heavy atom. The molecular weight excluding hydrogens is 376 g/mol. The zero-order valence-electron chi connectivity index (χ0n) is 18.1. The summed E-state index contributed by atoms with van der Waals surface area (Å²) in [4.78, 5) is 24.5. The number of rotatable bonds is 8. The minimum Gasteiger partial charge on any atom is -0.455 e. The fourth-order valence-corrected chi connectivity index (χ4v) is 2.74. The smallest absolute Gasteiger partial charge is 0.352 e. The van der Waals surface area contributed by atoms with Crippen LogP contribution in [0.1, 0.15) is 51.3 Å². The molecule has 0 amide bonds. The molecule has 2 aromatic carbocycles. The van der Waals surface area contributed by atoms with E-state index in [1.165, 1.54) is 6.92 Å². The van der Waals surface area contributed by atoms with E-state index in [0.717, 1.165) is 11.1 Å². The fraction of sp³-hybridized carbons (Fsp3) is 0.308. The Hall–Kier alpha value is -3.14. The molecule has 2 rings (SSSR count). The summed E-state index contributed by atoms with van der Waals surface area (Å²) in [5.41, 5.74) is 2.40. The molecule has 0 aliphatic carbocycles. The van der Waals surface area contributed by atoms with Crippen molar-refractivity contribution in [1.29, 1.82) is 0 Å². The van der Waals surface area contributed by atoms with Crippen molar-refractivity contribution in [1.82, 2.24) is 0 Å². The number of benzene rings is 2. The van der Waals surface area contributed by atoms with E-state index in [-0.39, 0.29) is 5.41 Å². The molecule has 2 aromatic rings. The average Bonchev–Trinajstić information content (AvgIpc) is 2.70. The van der Waals surface area contributed by atoms with Crippen LogP contribution in [0.2, 0.25) is 0 Å². The van der Waals surface area contributed by atoms with Crippen LogP contribution in [-0.4, -0.2) is 18.0 Å². The number of hydrogen-bond acceptors (Lipinski definition) is 4. The summed E-state index contributed by atoms with van der Waals surface area (Å²) in [5, 5.41) is 0. The van der Waals surface area contributed by atoms with E-state index in [0.29, 0.717) is 12.0 Å². The standard InChI is InChI=1S/C26H30O4/c1-19(26(3,4)5)18-23(17-16-21-12-8-6-9-13-21)30-25(28)24(29-20(2)27)22-14-10-7-11-15-22/h6-17,23-24H,1,18H2,2-5H3/b17-16+/t23-,24-/m0/s1. The number of hydrogen-bond donors (Lipinski definition) is 0. The summed E-state index contributed by atoms with van der Waals surface area (Å²) in [6, 6.07) is 18.6. The number of carbonyl (C=O) groups is 2. The van der Waals surface area contributed by atoms with Gasteiger partial charge in [0.15, 0.2) is 0 Å². The molecule has 4 heteroatoms. The molecule has 0 aromatic heterocycles. The van der Waals surface area contributed by atoms with Gasteiger partial charge < -0.3 is 9.47 Å². The molecular formula is C26H30O4. The lowest BCUT2D eigenvalue weighted by molar-refractivity contribution is -0.169. The van der Waals surface area contributed by atoms with Crippen molar-refractivity contribution < 1.29 is 19.1 Å². The molecule has 2 atom stereocenters. The van der Waals surface area contributed by atoms with E-state index in [4.69, 9.17) is 9.47 Å². The van der Waals surface area contributed by atoms with E-state index >= 15 is 0 Å². The minimum atomic E-state index is -1.11. The maximum atomic E-state index is 13.0. The number of carbonyl (C=O) groups excluding carboxylic acids is 2. The second-order valence-corrected chi connectivity index (χ2v) is 8.20. The third kappa shape index (κ3) is 7.36. The summed E-state index contributed by atoms with van der Waals surface area (Å²) >= 11 is 0. The molecule has 4 nitrogen and oxygen atoms in total. The topological polar surface area (TPSA) is 52.6 Å². The molecule has 0 heterocycles. The quantitative estimate of drug-likeness (QED) is 0.404. The largest absolute Gasteiger partial charge is 0.455 e. The summed E-state index contributed by atoms with van der Waals surface area (Å²) < 4.78 is 11.1. The van der Waals surface area contributed by atoms with Gasteiger partial charge in [0.2, 0.25) is 6.10 Å². The Bertz CT molecular complexity index is 876. The van der Waals surface area contributed by atoms with Gasteiger partial charge in [0.25, 0.3) is 0 Å². The highest BCUT2D eigenvalue weighted by atomic mass is 16.6. The monoisotopic (exact) mass is 406 g/mol. The molecule has 0 aliphatic rings. The van der Waals surface area contributed by atoms with Crippen LogP contribution in [-0.2, 0) is 19.1 Å². The van der Waals surface area contributed by atoms with E-state index in [1.54, 1.807) is 24.3 Å². The van der Waals surface area contributed by atoms with E-state index in [2.05, 4.69) is 27.4 Å². The maximum Gasteiger partial charge on any atom is 0.352 e. The first-order valence-electron chi connectivity index (χ1n) is 10.0. The van der Waals surface area contributed by atoms with E-state index in [1.807, 2.05) is 48.6 Å². The van der Waals surface area contributed by atoms with Crippen LogP contribution in [0, 0.1) is 5.41 Å². The molecule has 0 bridgehead atoms. The second-order valence-electron chi connectivity index (χ2n) is 8.20. The van der Waals surface area contributed by atoms with Crippen LogP contribution < -0.4 is 0 Å². The zero-order valence-corrected chi connectivity index (χ0v) is 18.1. The summed E-state index contributed by atoms with van der Waals surface area (Å²) in [7, 11) is 0. The average molecular weight is 407 g/mol. The first-order valence-corrected chi connectivity index (χ1v) is 10.0. The summed E-state index contributed by atoms with van der Waals surface area (Å²) in [6.07, 6.45) is 2.59. The van der Waals surface area contributed by atoms with Crippen LogP contribution >= 0.6 is 0 Å². The highest BCUT2D eigenvalue weighted by molar-refractivity contribution is 5.80. The van der Waals surface area contributed by atoms with Crippen LogP contribution in [0.25, 0.3) is 6.08 Å². The summed E-state index contributed by atoms with van der Waals surface area (Å²) in [5.74, 6) is -1.16. The highest BCUT2D eigenvalue weighted by Crippen LogP contribution is 2.29. The molecule has 0 spiro atoms. The first-order chi connectivity index (χ1) is 14.2. The highest BCUT2D eigenvalue weighted by Gasteiger charge is 2.28. The predicted octanol–water partition coefficient (Wildman–Crippen LogP) is 5.91. The molecule has 0 radical (unpaired) electrons. The van der Waals surface area contributed by atoms with Crippen molar-refractivity contribution in [2.75, 3.05) is 0 Å². The van der Waals surface area contributed by atoms with Gasteiger partial charge in [0.1, 0.15) is 6.10 Å². The van der Waals surface area contributed by atoms with Gasteiger partial charge in [-0.1, -0.05) is 99.7 Å². The first kappa shape index (κ1) is 23.1. The van der Waals surface area contributed by atoms with Crippen LogP contribution in [0.4, 0.5) is 0 Å². The maximum absolute atomic E-state index is 13.0. The van der Waals surface area contributed by atoms with Crippen molar-refractivity contribution in [2.45, 2.75) is 46.3 Å². The number of esters is 2. The van der Waals surface area contributed by atoms with E-state index < -0.39 is 24.1 Å². The molecule has 0 unspecified atom stereocenters. The Labute approximate surface area is 179 Å². The fourth-order valence-electron chi connectivity index (χ4n) is 2.74. The Morgan fingerprint density at radius 3 is 2.07 bits per heavy atom. The van der Waals surface area contributed by atoms with Gasteiger partial charge in [-0.05, 0) is 17.1 Å². The van der Waals surface area contributed by atoms with Crippen molar-refractivity contribution in [3.05, 3.63) is 90.0 Å². The molecule has 0 saturated carbocycles. The zero-order chi connectivity index (χ0) is 22.1. The summed E-state index contributed by atoms with van der Waals surface area (Å²) in [6.45, 7) is 11.7. The second kappa shape index (κ2) is 10.6. The van der Waals surface area contributed by atoms with Crippen LogP contribution in [0.15, 0.2) is 78.9 Å². The Kier molecular flexibility index (Phi) is 8.16. The van der Waals surface area contributed by atoms with Gasteiger partial charge in [-0.25, -0.2) is 4.79 Å². The van der Waals surface area contributed by atoms with Gasteiger partial charge in [0, 0.05) is 18.9 Å². The minimum absolute atomic E-state index is 0.125. The van der Waals surface area contributed by atoms with Gasteiger partial charge in [0.05, 0.1) is 0 Å². The van der Waals surface area contributed by atoms with E-state index in [9.17, 15) is 9.59 Å². The molecule has 0 N–H and O–H groups in total. The van der Waals surface area contributed by atoms with Gasteiger partial charge in [-0.15, -0.1) is 0 Å². The molecule has 30 heavy (non-hydrogen) atoms. The van der Waals surface area contributed by atoms with Crippen molar-refractivity contribution in [2.24, 2.45) is 5.41 Å². The van der Waals surface area contributed by atoms with Gasteiger partial charge in [-0.2, -0.15) is 0 Å². The van der Waals surface area contributed by atoms with Crippen molar-refractivity contribution >= 4 is 18.0 Å². The molecule has 158 valence electrons. The third-order valence-electron chi connectivity index (χ3n) is 4.68. The lowest BCUT2D eigenvalue weighted by atomic mass is 9.84. The molecule has 0 saturated heterocycles. The van der Waals surface area contributed by atoms with Crippen LogP contribution in [0.5, 0.6) is 0 Å². The number of ether oxygens (including phenoxy) is 2. The van der Waals surface area contributed by atoms with Gasteiger partial charge in [-0.3, -0.25) is 4.79 Å². The lowest BCUT2D eigenvalue weighted by Crippen LogP contribution is -2.26. The molecule has 0 aliphatic heterocycles. The van der Waals surface area contributed by atoms with Crippen LogP contribution in [0.3, 0.4) is 0 Å². The Morgan fingerprint density at radius 2 is 1.53 bits per heavy atom.